The smallest absolute Gasteiger partial charge is 0.109 e. The summed E-state index contributed by atoms with van der Waals surface area (Å²) in [5, 5.41) is 0. The predicted octanol–water partition coefficient (Wildman–Crippen LogP) is 2.35. The fraction of sp³-hybridized carbons (Fsp3) is 0.300. The normalized spacial score (nSPS) is 28.5. The van der Waals surface area contributed by atoms with Crippen molar-refractivity contribution >= 4 is 0 Å². The van der Waals surface area contributed by atoms with Crippen molar-refractivity contribution < 1.29 is 4.74 Å². The molecule has 0 saturated carbocycles. The molecule has 57 valence electrons. The maximum absolute atomic E-state index is 5.40. The molecule has 0 spiro atoms. The summed E-state index contributed by atoms with van der Waals surface area (Å²) in [5.41, 5.74) is 1.29. The van der Waals surface area contributed by atoms with Crippen molar-refractivity contribution in [2.45, 2.75) is 19.1 Å². The van der Waals surface area contributed by atoms with E-state index in [4.69, 9.17) is 4.74 Å². The first kappa shape index (κ1) is 6.86. The quantitative estimate of drug-likeness (QED) is 0.585. The van der Waals surface area contributed by atoms with E-state index in [0.29, 0.717) is 12.2 Å². The van der Waals surface area contributed by atoms with Crippen molar-refractivity contribution in [3.8, 4) is 0 Å². The van der Waals surface area contributed by atoms with Crippen LogP contribution in [0.2, 0.25) is 0 Å². The van der Waals surface area contributed by atoms with E-state index in [1.807, 2.05) is 25.1 Å². The Kier molecular flexibility index (Phi) is 1.66. The van der Waals surface area contributed by atoms with Gasteiger partial charge in [0, 0.05) is 0 Å². The summed E-state index contributed by atoms with van der Waals surface area (Å²) in [6.45, 7) is 2.04. The topological polar surface area (TPSA) is 12.5 Å². The number of hydrogen-bond donors (Lipinski definition) is 0. The third kappa shape index (κ3) is 1.29. The molecule has 1 aliphatic rings. The van der Waals surface area contributed by atoms with Crippen LogP contribution in [-0.2, 0) is 4.74 Å². The SMILES string of the molecule is C[CH][C@@H]1O[C@H]1c1ccccc1. The molecule has 0 bridgehead atoms. The summed E-state index contributed by atoms with van der Waals surface area (Å²) in [6, 6.07) is 10.3. The lowest BCUT2D eigenvalue weighted by atomic mass is 10.1. The monoisotopic (exact) mass is 147 g/mol. The Morgan fingerprint density at radius 2 is 2.00 bits per heavy atom. The van der Waals surface area contributed by atoms with Crippen molar-refractivity contribution in [2.75, 3.05) is 0 Å². The fourth-order valence-electron chi connectivity index (χ4n) is 1.29. The first-order valence-corrected chi connectivity index (χ1v) is 3.91. The molecule has 1 nitrogen and oxygen atoms in total. The molecule has 1 saturated heterocycles. The van der Waals surface area contributed by atoms with Gasteiger partial charge in [0.2, 0.25) is 0 Å². The van der Waals surface area contributed by atoms with Gasteiger partial charge < -0.3 is 4.74 Å². The van der Waals surface area contributed by atoms with Gasteiger partial charge in [-0.3, -0.25) is 0 Å². The lowest BCUT2D eigenvalue weighted by Crippen LogP contribution is -1.85. The van der Waals surface area contributed by atoms with E-state index in [9.17, 15) is 0 Å². The Morgan fingerprint density at radius 3 is 2.55 bits per heavy atom. The Morgan fingerprint density at radius 1 is 1.27 bits per heavy atom. The maximum atomic E-state index is 5.40. The van der Waals surface area contributed by atoms with E-state index < -0.39 is 0 Å². The van der Waals surface area contributed by atoms with Gasteiger partial charge in [-0.2, -0.15) is 0 Å². The van der Waals surface area contributed by atoms with Crippen molar-refractivity contribution in [1.82, 2.24) is 0 Å². The Hall–Kier alpha value is -0.820. The van der Waals surface area contributed by atoms with Crippen molar-refractivity contribution in [2.24, 2.45) is 0 Å². The Bertz CT molecular complexity index is 230. The van der Waals surface area contributed by atoms with Crippen LogP contribution in [0.1, 0.15) is 18.6 Å². The predicted molar refractivity (Wildman–Crippen MR) is 44.0 cm³/mol. The van der Waals surface area contributed by atoms with Gasteiger partial charge in [-0.05, 0) is 12.0 Å². The number of ether oxygens (including phenoxy) is 1. The van der Waals surface area contributed by atoms with E-state index in [0.717, 1.165) is 0 Å². The summed E-state index contributed by atoms with van der Waals surface area (Å²) in [4.78, 5) is 0. The molecule has 1 fully saturated rings. The van der Waals surface area contributed by atoms with Gasteiger partial charge in [0.05, 0.1) is 6.10 Å². The van der Waals surface area contributed by atoms with E-state index in [1.165, 1.54) is 5.56 Å². The number of benzene rings is 1. The van der Waals surface area contributed by atoms with Crippen LogP contribution in [-0.4, -0.2) is 6.10 Å². The van der Waals surface area contributed by atoms with Gasteiger partial charge in [0.15, 0.2) is 0 Å². The number of hydrogen-bond acceptors (Lipinski definition) is 1. The van der Waals surface area contributed by atoms with Crippen molar-refractivity contribution in [3.05, 3.63) is 42.3 Å². The second-order valence-electron chi connectivity index (χ2n) is 2.77. The second-order valence-corrected chi connectivity index (χ2v) is 2.77. The highest BCUT2D eigenvalue weighted by molar-refractivity contribution is 5.23. The van der Waals surface area contributed by atoms with E-state index >= 15 is 0 Å². The molecule has 1 heteroatoms. The largest absolute Gasteiger partial charge is 0.364 e. The van der Waals surface area contributed by atoms with Gasteiger partial charge >= 0.3 is 0 Å². The summed E-state index contributed by atoms with van der Waals surface area (Å²) >= 11 is 0. The highest BCUT2D eigenvalue weighted by atomic mass is 16.6. The molecule has 1 aliphatic heterocycles. The minimum Gasteiger partial charge on any atom is -0.364 e. The molecule has 2 rings (SSSR count). The lowest BCUT2D eigenvalue weighted by Gasteiger charge is -1.91. The van der Waals surface area contributed by atoms with Crippen LogP contribution in [0.3, 0.4) is 0 Å². The average molecular weight is 147 g/mol. The zero-order chi connectivity index (χ0) is 7.68. The molecule has 1 heterocycles. The van der Waals surface area contributed by atoms with Crippen LogP contribution < -0.4 is 0 Å². The minimum absolute atomic E-state index is 0.334. The van der Waals surface area contributed by atoms with Crippen LogP contribution in [0, 0.1) is 6.42 Å². The van der Waals surface area contributed by atoms with E-state index in [1.54, 1.807) is 0 Å². The Labute approximate surface area is 67.0 Å². The summed E-state index contributed by atoms with van der Waals surface area (Å²) in [6.07, 6.45) is 2.79. The highest BCUT2D eigenvalue weighted by Gasteiger charge is 2.38. The summed E-state index contributed by atoms with van der Waals surface area (Å²) in [5.74, 6) is 0. The molecule has 1 aromatic carbocycles. The van der Waals surface area contributed by atoms with Gasteiger partial charge in [-0.15, -0.1) is 0 Å². The van der Waals surface area contributed by atoms with Gasteiger partial charge in [-0.25, -0.2) is 0 Å². The van der Waals surface area contributed by atoms with Gasteiger partial charge in [0.1, 0.15) is 6.10 Å². The molecule has 11 heavy (non-hydrogen) atoms. The van der Waals surface area contributed by atoms with Gasteiger partial charge in [-0.1, -0.05) is 37.3 Å². The van der Waals surface area contributed by atoms with E-state index in [2.05, 4.69) is 18.6 Å². The molecular formula is C10H11O. The van der Waals surface area contributed by atoms with E-state index in [-0.39, 0.29) is 0 Å². The second kappa shape index (κ2) is 2.67. The van der Waals surface area contributed by atoms with Crippen LogP contribution in [0.15, 0.2) is 30.3 Å². The third-order valence-electron chi connectivity index (χ3n) is 1.98. The van der Waals surface area contributed by atoms with Crippen molar-refractivity contribution in [3.63, 3.8) is 0 Å². The first-order valence-electron chi connectivity index (χ1n) is 3.91. The zero-order valence-corrected chi connectivity index (χ0v) is 6.53. The Balaban J connectivity index is 2.09. The molecule has 0 amide bonds. The molecule has 2 atom stereocenters. The van der Waals surface area contributed by atoms with Gasteiger partial charge in [0.25, 0.3) is 0 Å². The standard InChI is InChI=1S/C10H11O/c1-2-9-10(11-9)8-6-4-3-5-7-8/h2-7,9-10H,1H3/t9-,10-/m0/s1. The van der Waals surface area contributed by atoms with Crippen LogP contribution in [0.25, 0.3) is 0 Å². The lowest BCUT2D eigenvalue weighted by molar-refractivity contribution is 0.387. The van der Waals surface area contributed by atoms with Crippen LogP contribution in [0.4, 0.5) is 0 Å². The average Bonchev–Trinajstić information content (AvgIpc) is 2.85. The molecule has 1 aromatic rings. The summed E-state index contributed by atoms with van der Waals surface area (Å²) < 4.78 is 5.40. The first-order chi connectivity index (χ1) is 5.42. The molecule has 0 aliphatic carbocycles. The number of epoxide rings is 1. The zero-order valence-electron chi connectivity index (χ0n) is 6.53. The third-order valence-corrected chi connectivity index (χ3v) is 1.98. The minimum atomic E-state index is 0.334. The van der Waals surface area contributed by atoms with Crippen LogP contribution in [0.5, 0.6) is 0 Å². The molecule has 1 radical (unpaired) electrons. The number of rotatable bonds is 2. The fourth-order valence-corrected chi connectivity index (χ4v) is 1.29. The van der Waals surface area contributed by atoms with Crippen LogP contribution >= 0.6 is 0 Å². The van der Waals surface area contributed by atoms with Crippen molar-refractivity contribution in [1.29, 1.82) is 0 Å². The molecule has 0 unspecified atom stereocenters. The molecular weight excluding hydrogens is 136 g/mol. The molecule has 0 N–H and O–H groups in total. The summed E-state index contributed by atoms with van der Waals surface area (Å²) in [7, 11) is 0. The highest BCUT2D eigenvalue weighted by Crippen LogP contribution is 2.39. The maximum Gasteiger partial charge on any atom is 0.109 e. The molecule has 0 aromatic heterocycles.